The minimum atomic E-state index is -4.33. The number of ether oxygens (including phenoxy) is 1. The molecule has 0 rings (SSSR count). The van der Waals surface area contributed by atoms with Crippen LogP contribution in [0.5, 0.6) is 0 Å². The van der Waals surface area contributed by atoms with Gasteiger partial charge in [-0.05, 0) is 19.3 Å². The first-order chi connectivity index (χ1) is 6.46. The van der Waals surface area contributed by atoms with Crippen LogP contribution < -0.4 is 5.73 Å². The smallest absolute Gasteiger partial charge is 0.364 e. The zero-order valence-corrected chi connectivity index (χ0v) is 9.85. The Kier molecular flexibility index (Phi) is 4.61. The number of alkyl halides is 3. The highest BCUT2D eigenvalue weighted by molar-refractivity contribution is 4.83. The van der Waals surface area contributed by atoms with Crippen molar-refractivity contribution in [3.05, 3.63) is 0 Å². The fraction of sp³-hybridized carbons (Fsp3) is 1.00. The Hall–Kier alpha value is -0.290. The van der Waals surface area contributed by atoms with E-state index in [-0.39, 0.29) is 0 Å². The van der Waals surface area contributed by atoms with Crippen LogP contribution in [0.4, 0.5) is 13.2 Å². The average Bonchev–Trinajstić information content (AvgIpc) is 1.94. The van der Waals surface area contributed by atoms with Gasteiger partial charge in [0, 0.05) is 6.04 Å². The van der Waals surface area contributed by atoms with Crippen molar-refractivity contribution < 1.29 is 17.9 Å². The molecular weight excluding hydrogens is 207 g/mol. The third kappa shape index (κ3) is 4.84. The summed E-state index contributed by atoms with van der Waals surface area (Å²) < 4.78 is 41.9. The summed E-state index contributed by atoms with van der Waals surface area (Å²) in [5, 5.41) is 0. The lowest BCUT2D eigenvalue weighted by atomic mass is 9.85. The Bertz CT molecular complexity index is 196. The van der Waals surface area contributed by atoms with Crippen molar-refractivity contribution in [3.8, 4) is 0 Å². The molecule has 0 aliphatic heterocycles. The molecule has 0 radical (unpaired) electrons. The topological polar surface area (TPSA) is 35.2 Å². The summed E-state index contributed by atoms with van der Waals surface area (Å²) in [4.78, 5) is 0. The third-order valence-electron chi connectivity index (χ3n) is 2.14. The van der Waals surface area contributed by atoms with Crippen molar-refractivity contribution in [2.45, 2.75) is 59.0 Å². The molecule has 0 saturated heterocycles. The first kappa shape index (κ1) is 14.7. The molecule has 0 aromatic heterocycles. The number of nitrogens with two attached hydrogens (primary N) is 1. The second-order valence-corrected chi connectivity index (χ2v) is 4.97. The largest absolute Gasteiger partial charge is 0.414 e. The fourth-order valence-corrected chi connectivity index (χ4v) is 1.41. The second-order valence-electron chi connectivity index (χ2n) is 4.97. The van der Waals surface area contributed by atoms with Crippen LogP contribution >= 0.6 is 0 Å². The van der Waals surface area contributed by atoms with E-state index in [9.17, 15) is 13.2 Å². The predicted molar refractivity (Wildman–Crippen MR) is 53.5 cm³/mol. The van der Waals surface area contributed by atoms with Crippen molar-refractivity contribution in [1.82, 2.24) is 0 Å². The van der Waals surface area contributed by atoms with E-state index in [0.29, 0.717) is 0 Å². The van der Waals surface area contributed by atoms with Crippen molar-refractivity contribution in [3.63, 3.8) is 0 Å². The summed E-state index contributed by atoms with van der Waals surface area (Å²) in [6.45, 7) is 8.08. The van der Waals surface area contributed by atoms with Gasteiger partial charge in [0.15, 0.2) is 6.10 Å². The van der Waals surface area contributed by atoms with Gasteiger partial charge in [0.1, 0.15) is 0 Å². The molecular formula is C10H20F3NO. The maximum Gasteiger partial charge on any atom is 0.414 e. The van der Waals surface area contributed by atoms with Gasteiger partial charge in [-0.15, -0.1) is 0 Å². The van der Waals surface area contributed by atoms with Gasteiger partial charge in [-0.2, -0.15) is 13.2 Å². The molecule has 0 aromatic carbocycles. The molecule has 0 spiro atoms. The molecule has 2 N–H and O–H groups in total. The molecule has 0 saturated carbocycles. The zero-order valence-electron chi connectivity index (χ0n) is 9.85. The number of halogens is 3. The molecule has 0 bridgehead atoms. The highest BCUT2D eigenvalue weighted by Crippen LogP contribution is 2.30. The van der Waals surface area contributed by atoms with Crippen LogP contribution in [-0.2, 0) is 4.74 Å². The van der Waals surface area contributed by atoms with Crippen LogP contribution in [0.2, 0.25) is 0 Å². The molecule has 15 heavy (non-hydrogen) atoms. The third-order valence-corrected chi connectivity index (χ3v) is 2.14. The molecule has 92 valence electrons. The summed E-state index contributed by atoms with van der Waals surface area (Å²) in [6.07, 6.45) is -6.74. The summed E-state index contributed by atoms with van der Waals surface area (Å²) in [5.74, 6) is 0. The SMILES string of the molecule is CC(N)C(OC(C)C(F)(F)F)C(C)(C)C. The Labute approximate surface area is 89.0 Å². The predicted octanol–water partition coefficient (Wildman–Crippen LogP) is 2.72. The summed E-state index contributed by atoms with van der Waals surface area (Å²) >= 11 is 0. The minimum Gasteiger partial charge on any atom is -0.364 e. The number of hydrogen-bond acceptors (Lipinski definition) is 2. The van der Waals surface area contributed by atoms with E-state index in [2.05, 4.69) is 0 Å². The van der Waals surface area contributed by atoms with Crippen molar-refractivity contribution in [1.29, 1.82) is 0 Å². The summed E-state index contributed by atoms with van der Waals surface area (Å²) in [7, 11) is 0. The summed E-state index contributed by atoms with van der Waals surface area (Å²) in [5.41, 5.74) is 5.21. The van der Waals surface area contributed by atoms with Crippen LogP contribution in [0.15, 0.2) is 0 Å². The van der Waals surface area contributed by atoms with E-state index in [1.54, 1.807) is 6.92 Å². The van der Waals surface area contributed by atoms with Crippen molar-refractivity contribution >= 4 is 0 Å². The molecule has 3 unspecified atom stereocenters. The lowest BCUT2D eigenvalue weighted by molar-refractivity contribution is -0.238. The van der Waals surface area contributed by atoms with E-state index in [4.69, 9.17) is 10.5 Å². The number of hydrogen-bond donors (Lipinski definition) is 1. The van der Waals surface area contributed by atoms with Gasteiger partial charge in [-0.3, -0.25) is 0 Å². The molecule has 5 heteroatoms. The molecule has 0 aliphatic carbocycles. The Balaban J connectivity index is 4.58. The Morgan fingerprint density at radius 1 is 1.07 bits per heavy atom. The van der Waals surface area contributed by atoms with Crippen LogP contribution in [0.3, 0.4) is 0 Å². The van der Waals surface area contributed by atoms with Crippen LogP contribution in [0, 0.1) is 5.41 Å². The molecule has 0 aromatic rings. The van der Waals surface area contributed by atoms with E-state index in [1.165, 1.54) is 0 Å². The van der Waals surface area contributed by atoms with Gasteiger partial charge in [-0.1, -0.05) is 20.8 Å². The normalized spacial score (nSPS) is 19.8. The highest BCUT2D eigenvalue weighted by Gasteiger charge is 2.41. The van der Waals surface area contributed by atoms with Gasteiger partial charge < -0.3 is 10.5 Å². The fourth-order valence-electron chi connectivity index (χ4n) is 1.41. The van der Waals surface area contributed by atoms with Crippen LogP contribution in [0.25, 0.3) is 0 Å². The van der Waals surface area contributed by atoms with Crippen molar-refractivity contribution in [2.24, 2.45) is 11.1 Å². The Morgan fingerprint density at radius 2 is 1.47 bits per heavy atom. The Morgan fingerprint density at radius 3 is 1.67 bits per heavy atom. The molecule has 3 atom stereocenters. The minimum absolute atomic E-state index is 0.409. The first-order valence-electron chi connectivity index (χ1n) is 4.94. The molecule has 0 fully saturated rings. The van der Waals surface area contributed by atoms with E-state index >= 15 is 0 Å². The van der Waals surface area contributed by atoms with Gasteiger partial charge in [0.25, 0.3) is 0 Å². The van der Waals surface area contributed by atoms with E-state index in [0.717, 1.165) is 6.92 Å². The highest BCUT2D eigenvalue weighted by atomic mass is 19.4. The van der Waals surface area contributed by atoms with Gasteiger partial charge in [0.2, 0.25) is 0 Å². The van der Waals surface area contributed by atoms with Gasteiger partial charge in [0.05, 0.1) is 6.10 Å². The zero-order chi connectivity index (χ0) is 12.4. The van der Waals surface area contributed by atoms with Crippen molar-refractivity contribution in [2.75, 3.05) is 0 Å². The maximum absolute atomic E-state index is 12.3. The van der Waals surface area contributed by atoms with Crippen LogP contribution in [-0.4, -0.2) is 24.4 Å². The van der Waals surface area contributed by atoms with Crippen LogP contribution in [0.1, 0.15) is 34.6 Å². The lowest BCUT2D eigenvalue weighted by Gasteiger charge is -2.36. The van der Waals surface area contributed by atoms with Gasteiger partial charge >= 0.3 is 6.18 Å². The standard InChI is InChI=1S/C10H20F3NO/c1-6(14)8(9(3,4)5)15-7(2)10(11,12)13/h6-8H,14H2,1-5H3. The summed E-state index contributed by atoms with van der Waals surface area (Å²) in [6, 6.07) is -0.435. The molecule has 0 amide bonds. The molecule has 0 heterocycles. The number of rotatable bonds is 3. The quantitative estimate of drug-likeness (QED) is 0.804. The van der Waals surface area contributed by atoms with Gasteiger partial charge in [-0.25, -0.2) is 0 Å². The molecule has 0 aliphatic rings. The second kappa shape index (κ2) is 4.70. The van der Waals surface area contributed by atoms with E-state index in [1.807, 2.05) is 20.8 Å². The maximum atomic E-state index is 12.3. The monoisotopic (exact) mass is 227 g/mol. The average molecular weight is 227 g/mol. The first-order valence-corrected chi connectivity index (χ1v) is 4.94. The lowest BCUT2D eigenvalue weighted by Crippen LogP contribution is -2.47. The molecule has 2 nitrogen and oxygen atoms in total. The van der Waals surface area contributed by atoms with E-state index < -0.39 is 29.8 Å².